The van der Waals surface area contributed by atoms with Crippen LogP contribution in [0.4, 0.5) is 10.1 Å². The summed E-state index contributed by atoms with van der Waals surface area (Å²) in [6.45, 7) is 0.669. The van der Waals surface area contributed by atoms with Gasteiger partial charge in [-0.3, -0.25) is 14.9 Å². The van der Waals surface area contributed by atoms with Gasteiger partial charge in [-0.05, 0) is 42.5 Å². The second kappa shape index (κ2) is 7.53. The molecular weight excluding hydrogens is 355 g/mol. The van der Waals surface area contributed by atoms with E-state index in [1.165, 1.54) is 17.0 Å². The number of non-ortho nitro benzene ring substituents is 1. The number of aromatic carboxylic acids is 1. The molecule has 0 aromatic heterocycles. The van der Waals surface area contributed by atoms with Crippen LogP contribution in [0.5, 0.6) is 0 Å². The lowest BCUT2D eigenvalue weighted by Gasteiger charge is -2.23. The molecule has 1 aliphatic rings. The van der Waals surface area contributed by atoms with E-state index in [-0.39, 0.29) is 23.5 Å². The number of hydrogen-bond acceptors (Lipinski definition) is 4. The van der Waals surface area contributed by atoms with Crippen LogP contribution in [0.1, 0.15) is 39.1 Å². The molecule has 1 saturated carbocycles. The summed E-state index contributed by atoms with van der Waals surface area (Å²) in [5, 5.41) is 20.3. The molecule has 1 N–H and O–H groups in total. The summed E-state index contributed by atoms with van der Waals surface area (Å²) < 4.78 is 13.1. The van der Waals surface area contributed by atoms with E-state index in [4.69, 9.17) is 5.11 Å². The maximum Gasteiger partial charge on any atom is 0.335 e. The number of benzene rings is 2. The fourth-order valence-corrected chi connectivity index (χ4v) is 2.79. The maximum absolute atomic E-state index is 13.1. The molecule has 0 heterocycles. The molecule has 8 heteroatoms. The Morgan fingerprint density at radius 2 is 1.78 bits per heavy atom. The van der Waals surface area contributed by atoms with Crippen molar-refractivity contribution in [2.24, 2.45) is 5.92 Å². The molecule has 2 aromatic carbocycles. The van der Waals surface area contributed by atoms with Gasteiger partial charge in [0.05, 0.1) is 10.5 Å². The number of hydrogen-bond donors (Lipinski definition) is 1. The van der Waals surface area contributed by atoms with Crippen molar-refractivity contribution in [3.8, 4) is 0 Å². The van der Waals surface area contributed by atoms with E-state index < -0.39 is 22.5 Å². The summed E-state index contributed by atoms with van der Waals surface area (Å²) in [6, 6.07) is 8.87. The summed E-state index contributed by atoms with van der Waals surface area (Å²) in [7, 11) is 0. The minimum atomic E-state index is -1.35. The third kappa shape index (κ3) is 4.66. The van der Waals surface area contributed by atoms with Gasteiger partial charge in [0.1, 0.15) is 5.82 Å². The first-order chi connectivity index (χ1) is 12.8. The molecule has 0 radical (unpaired) electrons. The Hall–Kier alpha value is -3.29. The fraction of sp³-hybridized carbons (Fsp3) is 0.263. The SMILES string of the molecule is O=C(O)c1cc(C(=O)N(Cc2ccc(F)cc2)CC2CC2)cc([N+](=O)[O-])c1. The van der Waals surface area contributed by atoms with Crippen LogP contribution in [-0.2, 0) is 6.54 Å². The highest BCUT2D eigenvalue weighted by Gasteiger charge is 2.28. The van der Waals surface area contributed by atoms with Crippen molar-refractivity contribution in [1.29, 1.82) is 0 Å². The number of nitro benzene ring substituents is 1. The number of nitro groups is 1. The van der Waals surface area contributed by atoms with E-state index in [2.05, 4.69) is 0 Å². The van der Waals surface area contributed by atoms with Crippen LogP contribution in [0, 0.1) is 21.8 Å². The van der Waals surface area contributed by atoms with E-state index in [1.54, 1.807) is 12.1 Å². The van der Waals surface area contributed by atoms with Gasteiger partial charge < -0.3 is 10.0 Å². The number of carbonyl (C=O) groups excluding carboxylic acids is 1. The zero-order valence-corrected chi connectivity index (χ0v) is 14.3. The minimum Gasteiger partial charge on any atom is -0.478 e. The van der Waals surface area contributed by atoms with E-state index in [0.29, 0.717) is 18.0 Å². The topological polar surface area (TPSA) is 101 Å². The van der Waals surface area contributed by atoms with Crippen LogP contribution >= 0.6 is 0 Å². The third-order valence-corrected chi connectivity index (χ3v) is 4.37. The molecule has 1 amide bonds. The highest BCUT2D eigenvalue weighted by molar-refractivity contribution is 5.98. The van der Waals surface area contributed by atoms with Crippen molar-refractivity contribution in [3.63, 3.8) is 0 Å². The van der Waals surface area contributed by atoms with Gasteiger partial charge in [-0.1, -0.05) is 12.1 Å². The molecule has 1 fully saturated rings. The van der Waals surface area contributed by atoms with Gasteiger partial charge >= 0.3 is 5.97 Å². The summed E-state index contributed by atoms with van der Waals surface area (Å²) in [5.74, 6) is -1.87. The van der Waals surface area contributed by atoms with Crippen LogP contribution in [0.3, 0.4) is 0 Å². The molecule has 140 valence electrons. The Kier molecular flexibility index (Phi) is 5.16. The summed E-state index contributed by atoms with van der Waals surface area (Å²) >= 11 is 0. The molecule has 0 aliphatic heterocycles. The van der Waals surface area contributed by atoms with Gasteiger partial charge in [-0.25, -0.2) is 9.18 Å². The Morgan fingerprint density at radius 3 is 2.33 bits per heavy atom. The first-order valence-corrected chi connectivity index (χ1v) is 8.40. The van der Waals surface area contributed by atoms with Gasteiger partial charge in [0.2, 0.25) is 0 Å². The lowest BCUT2D eigenvalue weighted by Crippen LogP contribution is -2.32. The number of nitrogens with zero attached hydrogens (tertiary/aromatic N) is 2. The van der Waals surface area contributed by atoms with E-state index in [1.807, 2.05) is 0 Å². The van der Waals surface area contributed by atoms with Crippen molar-refractivity contribution in [3.05, 3.63) is 75.1 Å². The van der Waals surface area contributed by atoms with E-state index >= 15 is 0 Å². The molecule has 0 saturated heterocycles. The lowest BCUT2D eigenvalue weighted by molar-refractivity contribution is -0.384. The van der Waals surface area contributed by atoms with Crippen molar-refractivity contribution in [1.82, 2.24) is 4.90 Å². The van der Waals surface area contributed by atoms with Crippen LogP contribution in [0.2, 0.25) is 0 Å². The molecule has 0 bridgehead atoms. The Bertz CT molecular complexity index is 861. The Morgan fingerprint density at radius 1 is 1.15 bits per heavy atom. The quantitative estimate of drug-likeness (QED) is 0.592. The van der Waals surface area contributed by atoms with Crippen molar-refractivity contribution < 1.29 is 24.0 Å². The Balaban J connectivity index is 1.91. The molecule has 3 rings (SSSR count). The predicted molar refractivity (Wildman–Crippen MR) is 93.9 cm³/mol. The van der Waals surface area contributed by atoms with Gasteiger partial charge in [0.15, 0.2) is 0 Å². The molecular formula is C19H17FN2O5. The summed E-state index contributed by atoms with van der Waals surface area (Å²) in [4.78, 5) is 36.1. The Labute approximate surface area is 154 Å². The van der Waals surface area contributed by atoms with Gasteiger partial charge in [-0.2, -0.15) is 0 Å². The van der Waals surface area contributed by atoms with E-state index in [0.717, 1.165) is 31.0 Å². The average Bonchev–Trinajstić information content (AvgIpc) is 3.46. The molecule has 0 spiro atoms. The number of carboxylic acids is 1. The van der Waals surface area contributed by atoms with Crippen molar-refractivity contribution in [2.75, 3.05) is 6.54 Å². The molecule has 27 heavy (non-hydrogen) atoms. The molecule has 0 atom stereocenters. The van der Waals surface area contributed by atoms with Gasteiger partial charge in [0, 0.05) is 30.8 Å². The number of halogens is 1. The zero-order valence-electron chi connectivity index (χ0n) is 14.3. The monoisotopic (exact) mass is 372 g/mol. The highest BCUT2D eigenvalue weighted by atomic mass is 19.1. The summed E-state index contributed by atoms with van der Waals surface area (Å²) in [5.41, 5.74) is -0.106. The van der Waals surface area contributed by atoms with Gasteiger partial charge in [0.25, 0.3) is 11.6 Å². The third-order valence-electron chi connectivity index (χ3n) is 4.37. The van der Waals surface area contributed by atoms with Crippen LogP contribution in [-0.4, -0.2) is 33.4 Å². The molecule has 0 unspecified atom stereocenters. The summed E-state index contributed by atoms with van der Waals surface area (Å²) in [6.07, 6.45) is 1.98. The van der Waals surface area contributed by atoms with Crippen LogP contribution < -0.4 is 0 Å². The second-order valence-electron chi connectivity index (χ2n) is 6.59. The van der Waals surface area contributed by atoms with E-state index in [9.17, 15) is 24.1 Å². The fourth-order valence-electron chi connectivity index (χ4n) is 2.79. The number of amides is 1. The first-order valence-electron chi connectivity index (χ1n) is 8.40. The zero-order chi connectivity index (χ0) is 19.6. The smallest absolute Gasteiger partial charge is 0.335 e. The normalized spacial score (nSPS) is 13.2. The number of rotatable bonds is 7. The average molecular weight is 372 g/mol. The van der Waals surface area contributed by atoms with Crippen molar-refractivity contribution >= 4 is 17.6 Å². The van der Waals surface area contributed by atoms with Crippen molar-refractivity contribution in [2.45, 2.75) is 19.4 Å². The predicted octanol–water partition coefficient (Wildman–Crippen LogP) is 3.48. The molecule has 2 aromatic rings. The standard InChI is InChI=1S/C19H17FN2O5/c20-16-5-3-13(4-6-16)11-21(10-12-1-2-12)18(23)14-7-15(19(24)25)9-17(8-14)22(26)27/h3-9,12H,1-2,10-11H2,(H,24,25). The minimum absolute atomic E-state index is 0.0515. The maximum atomic E-state index is 13.1. The molecule has 1 aliphatic carbocycles. The number of carbonyl (C=O) groups is 2. The molecule has 7 nitrogen and oxygen atoms in total. The van der Waals surface area contributed by atoms with Gasteiger partial charge in [-0.15, -0.1) is 0 Å². The lowest BCUT2D eigenvalue weighted by atomic mass is 10.1. The van der Waals surface area contributed by atoms with Crippen LogP contribution in [0.15, 0.2) is 42.5 Å². The second-order valence-corrected chi connectivity index (χ2v) is 6.59. The first kappa shape index (κ1) is 18.5. The highest BCUT2D eigenvalue weighted by Crippen LogP contribution is 2.31. The largest absolute Gasteiger partial charge is 0.478 e. The number of carboxylic acid groups (broad SMARTS) is 1. The van der Waals surface area contributed by atoms with Crippen LogP contribution in [0.25, 0.3) is 0 Å².